The van der Waals surface area contributed by atoms with Crippen LogP contribution >= 0.6 is 0 Å². The maximum atomic E-state index is 13.6. The molecule has 2 atom stereocenters. The van der Waals surface area contributed by atoms with Gasteiger partial charge in [0.05, 0.1) is 16.7 Å². The number of benzene rings is 3. The largest absolute Gasteiger partial charge is 0.483 e. The van der Waals surface area contributed by atoms with Gasteiger partial charge in [0.2, 0.25) is 0 Å². The molecule has 0 saturated carbocycles. The molecule has 43 heavy (non-hydrogen) atoms. The zero-order chi connectivity index (χ0) is 31.3. The zero-order valence-corrected chi connectivity index (χ0v) is 25.9. The van der Waals surface area contributed by atoms with E-state index >= 15 is 0 Å². The van der Waals surface area contributed by atoms with Crippen LogP contribution in [-0.4, -0.2) is 23.6 Å². The highest BCUT2D eigenvalue weighted by Crippen LogP contribution is 2.47. The number of carbonyl (C=O) groups excluding carboxylic acids is 2. The van der Waals surface area contributed by atoms with Crippen molar-refractivity contribution < 1.29 is 28.2 Å². The first-order valence-electron chi connectivity index (χ1n) is 14.4. The smallest absolute Gasteiger partial charge is 0.338 e. The van der Waals surface area contributed by atoms with Gasteiger partial charge in [-0.3, -0.25) is 0 Å². The van der Waals surface area contributed by atoms with E-state index in [2.05, 4.69) is 41.5 Å². The van der Waals surface area contributed by atoms with Crippen LogP contribution in [0, 0.1) is 0 Å². The molecule has 0 aliphatic carbocycles. The fourth-order valence-electron chi connectivity index (χ4n) is 5.26. The summed E-state index contributed by atoms with van der Waals surface area (Å²) in [5.41, 5.74) is 1.51. The Bertz CT molecular complexity index is 1730. The molecule has 0 radical (unpaired) electrons. The number of hydrogen-bond donors (Lipinski definition) is 0. The van der Waals surface area contributed by atoms with E-state index < -0.39 is 35.4 Å². The number of fused-ring (bicyclic) bond motifs is 3. The van der Waals surface area contributed by atoms with Crippen molar-refractivity contribution in [3.05, 3.63) is 111 Å². The molecule has 0 saturated heterocycles. The molecule has 0 spiro atoms. The van der Waals surface area contributed by atoms with Gasteiger partial charge in [-0.1, -0.05) is 65.8 Å². The van der Waals surface area contributed by atoms with E-state index in [0.29, 0.717) is 27.8 Å². The third-order valence-corrected chi connectivity index (χ3v) is 7.85. The van der Waals surface area contributed by atoms with E-state index in [1.54, 1.807) is 56.3 Å². The monoisotopic (exact) mass is 582 g/mol. The molecule has 7 heteroatoms. The lowest BCUT2D eigenvalue weighted by molar-refractivity contribution is -0.122. The molecule has 0 N–H and O–H groups in total. The quantitative estimate of drug-likeness (QED) is 0.180. The Morgan fingerprint density at radius 2 is 1.19 bits per heavy atom. The van der Waals surface area contributed by atoms with Crippen molar-refractivity contribution in [2.24, 2.45) is 0 Å². The maximum Gasteiger partial charge on any atom is 0.338 e. The van der Waals surface area contributed by atoms with E-state index in [0.717, 1.165) is 11.1 Å². The van der Waals surface area contributed by atoms with Crippen LogP contribution < -0.4 is 10.4 Å². The number of rotatable bonds is 4. The van der Waals surface area contributed by atoms with Gasteiger partial charge in [-0.25, -0.2) is 14.4 Å². The lowest BCUT2D eigenvalue weighted by Crippen LogP contribution is -2.52. The Morgan fingerprint density at radius 3 is 1.70 bits per heavy atom. The minimum atomic E-state index is -1.14. The molecular weight excluding hydrogens is 544 g/mol. The highest BCUT2D eigenvalue weighted by molar-refractivity contribution is 5.91. The summed E-state index contributed by atoms with van der Waals surface area (Å²) in [6.07, 6.45) is -2.22. The molecule has 4 aromatic rings. The predicted octanol–water partition coefficient (Wildman–Crippen LogP) is 7.68. The molecule has 1 aliphatic rings. The summed E-state index contributed by atoms with van der Waals surface area (Å²) in [5, 5.41) is 0.611. The van der Waals surface area contributed by atoms with Crippen LogP contribution in [0.25, 0.3) is 11.0 Å². The van der Waals surface area contributed by atoms with Gasteiger partial charge < -0.3 is 18.6 Å². The average molecular weight is 583 g/mol. The highest BCUT2D eigenvalue weighted by Gasteiger charge is 2.50. The Balaban J connectivity index is 1.57. The lowest BCUT2D eigenvalue weighted by atomic mass is 9.86. The number of carbonyl (C=O) groups is 2. The molecule has 7 nitrogen and oxygen atoms in total. The second-order valence-corrected chi connectivity index (χ2v) is 13.7. The van der Waals surface area contributed by atoms with Crippen molar-refractivity contribution in [3.63, 3.8) is 0 Å². The fraction of sp³-hybridized carbons (Fsp3) is 0.361. The molecule has 1 aliphatic heterocycles. The topological polar surface area (TPSA) is 92.0 Å². The van der Waals surface area contributed by atoms with Crippen molar-refractivity contribution in [2.45, 2.75) is 84.0 Å². The van der Waals surface area contributed by atoms with Crippen LogP contribution in [0.4, 0.5) is 0 Å². The van der Waals surface area contributed by atoms with Gasteiger partial charge in [0.25, 0.3) is 0 Å². The van der Waals surface area contributed by atoms with Gasteiger partial charge in [0, 0.05) is 11.5 Å². The number of ether oxygens (including phenoxy) is 3. The highest BCUT2D eigenvalue weighted by atomic mass is 16.6. The summed E-state index contributed by atoms with van der Waals surface area (Å²) >= 11 is 0. The molecule has 224 valence electrons. The minimum absolute atomic E-state index is 0.0826. The Kier molecular flexibility index (Phi) is 7.49. The first-order valence-corrected chi connectivity index (χ1v) is 14.4. The zero-order valence-electron chi connectivity index (χ0n) is 25.9. The van der Waals surface area contributed by atoms with Gasteiger partial charge >= 0.3 is 17.6 Å². The summed E-state index contributed by atoms with van der Waals surface area (Å²) in [6, 6.07) is 20.9. The third kappa shape index (κ3) is 6.07. The first kappa shape index (κ1) is 30.1. The third-order valence-electron chi connectivity index (χ3n) is 7.85. The van der Waals surface area contributed by atoms with Gasteiger partial charge in [-0.05, 0) is 78.3 Å². The Morgan fingerprint density at radius 1 is 0.698 bits per heavy atom. The number of esters is 2. The molecule has 0 fully saturated rings. The van der Waals surface area contributed by atoms with Gasteiger partial charge in [-0.2, -0.15) is 0 Å². The SMILES string of the molecule is CC(C)(C)c1ccc(C(=O)O[C@H]2c3c(ccc4ccc(=O)oc34)OC(C)(C)[C@H]2OC(=O)c2ccc(C(C)(C)C)cc2)cc1. The normalized spacial score (nSPS) is 18.0. The molecule has 3 aromatic carbocycles. The summed E-state index contributed by atoms with van der Waals surface area (Å²) in [6.45, 7) is 16.1. The van der Waals surface area contributed by atoms with E-state index in [4.69, 9.17) is 18.6 Å². The summed E-state index contributed by atoms with van der Waals surface area (Å²) in [4.78, 5) is 39.5. The molecule has 5 rings (SSSR count). The molecular formula is C36H38O7. The van der Waals surface area contributed by atoms with E-state index in [1.807, 2.05) is 24.3 Å². The molecule has 2 heterocycles. The van der Waals surface area contributed by atoms with E-state index in [9.17, 15) is 14.4 Å². The lowest BCUT2D eigenvalue weighted by Gasteiger charge is -2.43. The van der Waals surface area contributed by atoms with Crippen molar-refractivity contribution in [3.8, 4) is 5.75 Å². The summed E-state index contributed by atoms with van der Waals surface area (Å²) in [5.74, 6) is -0.836. The van der Waals surface area contributed by atoms with Gasteiger partial charge in [0.1, 0.15) is 16.9 Å². The number of hydrogen-bond acceptors (Lipinski definition) is 7. The molecule has 1 aromatic heterocycles. The second kappa shape index (κ2) is 10.7. The molecule has 0 unspecified atom stereocenters. The van der Waals surface area contributed by atoms with Crippen LogP contribution in [-0.2, 0) is 20.3 Å². The van der Waals surface area contributed by atoms with Crippen molar-refractivity contribution in [1.29, 1.82) is 0 Å². The standard InChI is InChI=1S/C36H38O7/c1-34(2,3)24-15-9-22(10-16-24)32(38)41-30-28-26(19-13-21-14-20-27(37)40-29(21)28)43-36(7,8)31(30)42-33(39)23-11-17-25(18-12-23)35(4,5)6/h9-20,30-31H,1-8H3/t30-,31-/m0/s1. The van der Waals surface area contributed by atoms with Crippen molar-refractivity contribution in [2.75, 3.05) is 0 Å². The Labute approximate surface area is 251 Å². The predicted molar refractivity (Wildman–Crippen MR) is 165 cm³/mol. The average Bonchev–Trinajstić information content (AvgIpc) is 2.93. The second-order valence-electron chi connectivity index (χ2n) is 13.7. The van der Waals surface area contributed by atoms with Gasteiger partial charge in [-0.15, -0.1) is 0 Å². The van der Waals surface area contributed by atoms with Crippen LogP contribution in [0.15, 0.2) is 82.0 Å². The Hall–Kier alpha value is -4.39. The van der Waals surface area contributed by atoms with Crippen molar-refractivity contribution >= 4 is 22.9 Å². The molecule has 0 bridgehead atoms. The van der Waals surface area contributed by atoms with Crippen LogP contribution in [0.5, 0.6) is 5.75 Å². The van der Waals surface area contributed by atoms with Crippen LogP contribution in [0.1, 0.15) is 98.9 Å². The van der Waals surface area contributed by atoms with Crippen LogP contribution in [0.3, 0.4) is 0 Å². The summed E-state index contributed by atoms with van der Waals surface area (Å²) < 4.78 is 24.2. The maximum absolute atomic E-state index is 13.6. The summed E-state index contributed by atoms with van der Waals surface area (Å²) in [7, 11) is 0. The van der Waals surface area contributed by atoms with E-state index in [1.165, 1.54) is 6.07 Å². The first-order chi connectivity index (χ1) is 20.0. The van der Waals surface area contributed by atoms with E-state index in [-0.39, 0.29) is 16.4 Å². The minimum Gasteiger partial charge on any atom is -0.483 e. The van der Waals surface area contributed by atoms with Gasteiger partial charge in [0.15, 0.2) is 12.2 Å². The van der Waals surface area contributed by atoms with Crippen molar-refractivity contribution in [1.82, 2.24) is 0 Å². The van der Waals surface area contributed by atoms with Crippen LogP contribution in [0.2, 0.25) is 0 Å². The fourth-order valence-corrected chi connectivity index (χ4v) is 5.26. The molecule has 0 amide bonds.